The molecule has 1 atom stereocenters. The summed E-state index contributed by atoms with van der Waals surface area (Å²) >= 11 is 0. The molecule has 0 radical (unpaired) electrons. The Labute approximate surface area is 115 Å². The van der Waals surface area contributed by atoms with E-state index >= 15 is 0 Å². The molecule has 1 aromatic rings. The van der Waals surface area contributed by atoms with Gasteiger partial charge in [0.15, 0.2) is 0 Å². The first-order chi connectivity index (χ1) is 9.09. The van der Waals surface area contributed by atoms with Crippen molar-refractivity contribution in [3.05, 3.63) is 35.9 Å². The minimum atomic E-state index is -0.186. The van der Waals surface area contributed by atoms with Gasteiger partial charge in [-0.2, -0.15) is 0 Å². The molecule has 0 bridgehead atoms. The molecule has 104 valence electrons. The lowest BCUT2D eigenvalue weighted by Gasteiger charge is -2.37. The molecule has 1 fully saturated rings. The number of likely N-dealkylation sites (tertiary alicyclic amines) is 1. The van der Waals surface area contributed by atoms with Gasteiger partial charge >= 0.3 is 0 Å². The fraction of sp³-hybridized carbons (Fsp3) is 0.562. The highest BCUT2D eigenvalue weighted by Gasteiger charge is 2.31. The van der Waals surface area contributed by atoms with Crippen molar-refractivity contribution in [3.63, 3.8) is 0 Å². The second kappa shape index (κ2) is 6.20. The fourth-order valence-corrected chi connectivity index (χ4v) is 3.10. The van der Waals surface area contributed by atoms with E-state index in [1.807, 2.05) is 30.3 Å². The van der Waals surface area contributed by atoms with Crippen LogP contribution in [0.3, 0.4) is 0 Å². The predicted molar refractivity (Wildman–Crippen MR) is 77.8 cm³/mol. The van der Waals surface area contributed by atoms with E-state index < -0.39 is 0 Å². The number of carbonyl (C=O) groups excluding carboxylic acids is 1. The molecule has 0 aliphatic carbocycles. The number of hydrogen-bond acceptors (Lipinski definition) is 2. The van der Waals surface area contributed by atoms with Gasteiger partial charge in [0.05, 0.1) is 5.92 Å². The summed E-state index contributed by atoms with van der Waals surface area (Å²) in [7, 11) is 0. The van der Waals surface area contributed by atoms with Gasteiger partial charge in [0.2, 0.25) is 5.91 Å². The maximum Gasteiger partial charge on any atom is 0.225 e. The van der Waals surface area contributed by atoms with Gasteiger partial charge in [0, 0.05) is 6.04 Å². The summed E-state index contributed by atoms with van der Waals surface area (Å²) in [6, 6.07) is 10.6. The van der Waals surface area contributed by atoms with Crippen LogP contribution in [0.2, 0.25) is 0 Å². The smallest absolute Gasteiger partial charge is 0.225 e. The monoisotopic (exact) mass is 260 g/mol. The molecule has 0 saturated carbocycles. The Kier molecular flexibility index (Phi) is 4.59. The molecule has 3 nitrogen and oxygen atoms in total. The average Bonchev–Trinajstić information content (AvgIpc) is 2.40. The lowest BCUT2D eigenvalue weighted by atomic mass is 9.79. The molecule has 19 heavy (non-hydrogen) atoms. The zero-order chi connectivity index (χ0) is 13.8. The number of nitrogens with zero attached hydrogens (tertiary/aromatic N) is 1. The standard InChI is InChI=1S/C16H24N2O/c1-12(2)18-10-8-14(9-11-18)15(16(17)19)13-6-4-3-5-7-13/h3-7,12,14-15H,8-11H2,1-2H3,(H2,17,19). The highest BCUT2D eigenvalue weighted by atomic mass is 16.1. The van der Waals surface area contributed by atoms with Crippen LogP contribution in [0.1, 0.15) is 38.2 Å². The van der Waals surface area contributed by atoms with Crippen molar-refractivity contribution in [1.82, 2.24) is 4.90 Å². The van der Waals surface area contributed by atoms with E-state index in [0.29, 0.717) is 12.0 Å². The molecular weight excluding hydrogens is 236 g/mol. The highest BCUT2D eigenvalue weighted by Crippen LogP contribution is 2.32. The molecular formula is C16H24N2O. The third-order valence-corrected chi connectivity index (χ3v) is 4.24. The molecule has 3 heteroatoms. The van der Waals surface area contributed by atoms with Gasteiger partial charge in [-0.1, -0.05) is 30.3 Å². The van der Waals surface area contributed by atoms with Crippen molar-refractivity contribution in [3.8, 4) is 0 Å². The Hall–Kier alpha value is -1.35. The second-order valence-corrected chi connectivity index (χ2v) is 5.76. The molecule has 1 unspecified atom stereocenters. The zero-order valence-corrected chi connectivity index (χ0v) is 11.9. The first-order valence-corrected chi connectivity index (χ1v) is 7.18. The number of primary amides is 1. The van der Waals surface area contributed by atoms with E-state index in [0.717, 1.165) is 31.5 Å². The van der Waals surface area contributed by atoms with E-state index in [9.17, 15) is 4.79 Å². The van der Waals surface area contributed by atoms with Crippen molar-refractivity contribution in [2.24, 2.45) is 11.7 Å². The van der Waals surface area contributed by atoms with Gasteiger partial charge < -0.3 is 10.6 Å². The molecule has 0 spiro atoms. The molecule has 1 aliphatic rings. The Morgan fingerprint density at radius 3 is 2.26 bits per heavy atom. The maximum absolute atomic E-state index is 11.8. The predicted octanol–water partition coefficient (Wildman–Crippen LogP) is 2.38. The van der Waals surface area contributed by atoms with Crippen LogP contribution in [-0.2, 0) is 4.79 Å². The number of benzene rings is 1. The van der Waals surface area contributed by atoms with E-state index in [2.05, 4.69) is 18.7 Å². The van der Waals surface area contributed by atoms with Crippen LogP contribution in [0.25, 0.3) is 0 Å². The SMILES string of the molecule is CC(C)N1CCC(C(C(N)=O)c2ccccc2)CC1. The highest BCUT2D eigenvalue weighted by molar-refractivity contribution is 5.82. The largest absolute Gasteiger partial charge is 0.369 e. The van der Waals surface area contributed by atoms with Crippen LogP contribution in [-0.4, -0.2) is 29.9 Å². The first kappa shape index (κ1) is 14.1. The van der Waals surface area contributed by atoms with Crippen molar-refractivity contribution in [1.29, 1.82) is 0 Å². The summed E-state index contributed by atoms with van der Waals surface area (Å²) in [4.78, 5) is 14.3. The van der Waals surface area contributed by atoms with Gasteiger partial charge in [-0.15, -0.1) is 0 Å². The number of nitrogens with two attached hydrogens (primary N) is 1. The number of piperidine rings is 1. The molecule has 1 saturated heterocycles. The Bertz CT molecular complexity index is 408. The van der Waals surface area contributed by atoms with Crippen molar-refractivity contribution in [2.75, 3.05) is 13.1 Å². The van der Waals surface area contributed by atoms with E-state index in [4.69, 9.17) is 5.73 Å². The Morgan fingerprint density at radius 2 is 1.79 bits per heavy atom. The van der Waals surface area contributed by atoms with E-state index in [-0.39, 0.29) is 11.8 Å². The van der Waals surface area contributed by atoms with Gasteiger partial charge in [-0.25, -0.2) is 0 Å². The molecule has 2 rings (SSSR count). The van der Waals surface area contributed by atoms with Crippen LogP contribution >= 0.6 is 0 Å². The minimum absolute atomic E-state index is 0.129. The summed E-state index contributed by atoms with van der Waals surface area (Å²) in [6.07, 6.45) is 2.11. The van der Waals surface area contributed by atoms with Crippen LogP contribution in [0.5, 0.6) is 0 Å². The molecule has 1 aromatic carbocycles. The summed E-state index contributed by atoms with van der Waals surface area (Å²) in [5, 5.41) is 0. The summed E-state index contributed by atoms with van der Waals surface area (Å²) < 4.78 is 0. The van der Waals surface area contributed by atoms with Crippen molar-refractivity contribution >= 4 is 5.91 Å². The maximum atomic E-state index is 11.8. The van der Waals surface area contributed by atoms with Crippen LogP contribution in [0.15, 0.2) is 30.3 Å². The fourth-order valence-electron chi connectivity index (χ4n) is 3.10. The number of hydrogen-bond donors (Lipinski definition) is 1. The zero-order valence-electron chi connectivity index (χ0n) is 11.9. The number of rotatable bonds is 4. The summed E-state index contributed by atoms with van der Waals surface area (Å²) in [5.41, 5.74) is 6.71. The Balaban J connectivity index is 2.08. The quantitative estimate of drug-likeness (QED) is 0.903. The number of amides is 1. The van der Waals surface area contributed by atoms with Gasteiger partial charge in [-0.05, 0) is 51.3 Å². The van der Waals surface area contributed by atoms with Crippen molar-refractivity contribution in [2.45, 2.75) is 38.6 Å². The van der Waals surface area contributed by atoms with Gasteiger partial charge in [0.25, 0.3) is 0 Å². The topological polar surface area (TPSA) is 46.3 Å². The van der Waals surface area contributed by atoms with Crippen LogP contribution in [0.4, 0.5) is 0 Å². The first-order valence-electron chi connectivity index (χ1n) is 7.18. The normalized spacial score (nSPS) is 19.5. The minimum Gasteiger partial charge on any atom is -0.369 e. The lowest BCUT2D eigenvalue weighted by molar-refractivity contribution is -0.121. The lowest BCUT2D eigenvalue weighted by Crippen LogP contribution is -2.41. The molecule has 1 heterocycles. The third-order valence-electron chi connectivity index (χ3n) is 4.24. The molecule has 0 aromatic heterocycles. The Morgan fingerprint density at radius 1 is 1.21 bits per heavy atom. The van der Waals surface area contributed by atoms with Crippen LogP contribution < -0.4 is 5.73 Å². The van der Waals surface area contributed by atoms with E-state index in [1.165, 1.54) is 0 Å². The molecule has 2 N–H and O–H groups in total. The third kappa shape index (κ3) is 3.35. The second-order valence-electron chi connectivity index (χ2n) is 5.76. The van der Waals surface area contributed by atoms with E-state index in [1.54, 1.807) is 0 Å². The summed E-state index contributed by atoms with van der Waals surface area (Å²) in [5.74, 6) is 0.0691. The molecule has 1 amide bonds. The van der Waals surface area contributed by atoms with Crippen LogP contribution in [0, 0.1) is 5.92 Å². The number of carbonyl (C=O) groups is 1. The van der Waals surface area contributed by atoms with Crippen molar-refractivity contribution < 1.29 is 4.79 Å². The average molecular weight is 260 g/mol. The van der Waals surface area contributed by atoms with Gasteiger partial charge in [-0.3, -0.25) is 4.79 Å². The summed E-state index contributed by atoms with van der Waals surface area (Å²) in [6.45, 7) is 6.59. The van der Waals surface area contributed by atoms with Gasteiger partial charge in [0.1, 0.15) is 0 Å². The molecule has 1 aliphatic heterocycles.